The van der Waals surface area contributed by atoms with Gasteiger partial charge in [-0.05, 0) is 25.0 Å². The van der Waals surface area contributed by atoms with Gasteiger partial charge in [-0.3, -0.25) is 4.79 Å². The lowest BCUT2D eigenvalue weighted by Gasteiger charge is -2.14. The Kier molecular flexibility index (Phi) is 4.79. The van der Waals surface area contributed by atoms with E-state index < -0.39 is 6.04 Å². The summed E-state index contributed by atoms with van der Waals surface area (Å²) in [4.78, 5) is 22.7. The summed E-state index contributed by atoms with van der Waals surface area (Å²) in [5.74, 6) is 0.144. The number of rotatable bonds is 2. The van der Waals surface area contributed by atoms with Crippen molar-refractivity contribution in [3.05, 3.63) is 0 Å². The first-order chi connectivity index (χ1) is 6.74. The van der Waals surface area contributed by atoms with Crippen molar-refractivity contribution in [2.75, 3.05) is 12.4 Å². The molecule has 14 heavy (non-hydrogen) atoms. The fraction of sp³-hybridized carbons (Fsp3) is 0.778. The Balaban J connectivity index is 2.56. The van der Waals surface area contributed by atoms with Crippen LogP contribution in [0.1, 0.15) is 25.7 Å². The minimum atomic E-state index is -0.516. The quantitative estimate of drug-likeness (QED) is 0.523. The molecular weight excluding hydrogens is 202 g/mol. The highest BCUT2D eigenvalue weighted by Crippen LogP contribution is 2.05. The molecule has 4 nitrogen and oxygen atoms in total. The van der Waals surface area contributed by atoms with E-state index >= 15 is 0 Å². The molecule has 80 valence electrons. The number of hydrogen-bond acceptors (Lipinski definition) is 4. The van der Waals surface area contributed by atoms with E-state index in [-0.39, 0.29) is 11.9 Å². The number of hydrogen-bond donors (Lipinski definition) is 2. The van der Waals surface area contributed by atoms with Crippen molar-refractivity contribution in [1.82, 2.24) is 5.32 Å². The van der Waals surface area contributed by atoms with Crippen molar-refractivity contribution in [3.8, 4) is 0 Å². The van der Waals surface area contributed by atoms with Crippen molar-refractivity contribution < 1.29 is 14.3 Å². The van der Waals surface area contributed by atoms with E-state index in [0.717, 1.165) is 12.8 Å². The van der Waals surface area contributed by atoms with Gasteiger partial charge in [-0.15, -0.1) is 0 Å². The van der Waals surface area contributed by atoms with Crippen molar-refractivity contribution in [3.63, 3.8) is 0 Å². The topological polar surface area (TPSA) is 55.4 Å². The van der Waals surface area contributed by atoms with Gasteiger partial charge in [-0.25, -0.2) is 4.79 Å². The van der Waals surface area contributed by atoms with E-state index in [1.807, 2.05) is 0 Å². The van der Waals surface area contributed by atoms with Crippen molar-refractivity contribution >= 4 is 24.5 Å². The highest BCUT2D eigenvalue weighted by atomic mass is 32.1. The zero-order chi connectivity index (χ0) is 10.4. The molecule has 1 N–H and O–H groups in total. The summed E-state index contributed by atoms with van der Waals surface area (Å²) in [5, 5.41) is 2.65. The van der Waals surface area contributed by atoms with Crippen LogP contribution in [0.4, 0.5) is 0 Å². The van der Waals surface area contributed by atoms with Crippen LogP contribution in [-0.4, -0.2) is 30.3 Å². The maximum Gasteiger partial charge on any atom is 0.328 e. The van der Waals surface area contributed by atoms with E-state index in [1.54, 1.807) is 0 Å². The highest BCUT2D eigenvalue weighted by Gasteiger charge is 2.22. The van der Waals surface area contributed by atoms with Crippen molar-refractivity contribution in [2.45, 2.75) is 31.7 Å². The SMILES string of the molecule is O=C1CCCCOC(=O)[C@H](CCS)N1. The molecule has 1 aliphatic heterocycles. The van der Waals surface area contributed by atoms with Gasteiger partial charge in [-0.1, -0.05) is 0 Å². The van der Waals surface area contributed by atoms with Crippen LogP contribution in [0, 0.1) is 0 Å². The Morgan fingerprint density at radius 2 is 2.21 bits per heavy atom. The van der Waals surface area contributed by atoms with Gasteiger partial charge in [0.15, 0.2) is 0 Å². The molecule has 1 saturated heterocycles. The van der Waals surface area contributed by atoms with E-state index in [2.05, 4.69) is 17.9 Å². The lowest BCUT2D eigenvalue weighted by molar-refractivity contribution is -0.147. The molecule has 0 radical (unpaired) electrons. The largest absolute Gasteiger partial charge is 0.464 e. The number of cyclic esters (lactones) is 1. The first-order valence-electron chi connectivity index (χ1n) is 4.81. The maximum atomic E-state index is 11.4. The van der Waals surface area contributed by atoms with Gasteiger partial charge in [0, 0.05) is 6.42 Å². The summed E-state index contributed by atoms with van der Waals surface area (Å²) in [6.45, 7) is 0.414. The molecule has 0 saturated carbocycles. The third kappa shape index (κ3) is 3.57. The normalized spacial score (nSPS) is 24.2. The van der Waals surface area contributed by atoms with Gasteiger partial charge in [0.1, 0.15) is 6.04 Å². The van der Waals surface area contributed by atoms with Crippen LogP contribution >= 0.6 is 12.6 Å². The first kappa shape index (κ1) is 11.4. The lowest BCUT2D eigenvalue weighted by Crippen LogP contribution is -2.41. The molecule has 1 aliphatic rings. The maximum absolute atomic E-state index is 11.4. The summed E-state index contributed by atoms with van der Waals surface area (Å²) in [6.07, 6.45) is 2.52. The number of amides is 1. The van der Waals surface area contributed by atoms with Crippen LogP contribution in [0.25, 0.3) is 0 Å². The molecule has 0 aliphatic carbocycles. The van der Waals surface area contributed by atoms with Crippen LogP contribution in [-0.2, 0) is 14.3 Å². The molecule has 1 heterocycles. The third-order valence-electron chi connectivity index (χ3n) is 2.08. The molecule has 5 heteroatoms. The molecule has 0 bridgehead atoms. The number of ether oxygens (including phenoxy) is 1. The van der Waals surface area contributed by atoms with E-state index in [9.17, 15) is 9.59 Å². The Hall–Kier alpha value is -0.710. The second-order valence-corrected chi connectivity index (χ2v) is 3.70. The smallest absolute Gasteiger partial charge is 0.328 e. The fourth-order valence-corrected chi connectivity index (χ4v) is 1.56. The summed E-state index contributed by atoms with van der Waals surface area (Å²) in [5.41, 5.74) is 0. The van der Waals surface area contributed by atoms with Gasteiger partial charge >= 0.3 is 5.97 Å². The monoisotopic (exact) mass is 217 g/mol. The number of carbonyl (C=O) groups excluding carboxylic acids is 2. The van der Waals surface area contributed by atoms with Crippen molar-refractivity contribution in [2.24, 2.45) is 0 Å². The zero-order valence-electron chi connectivity index (χ0n) is 7.99. The van der Waals surface area contributed by atoms with Gasteiger partial charge in [0.25, 0.3) is 0 Å². The van der Waals surface area contributed by atoms with E-state index in [1.165, 1.54) is 0 Å². The summed E-state index contributed by atoms with van der Waals surface area (Å²) >= 11 is 4.03. The van der Waals surface area contributed by atoms with E-state index in [0.29, 0.717) is 25.2 Å². The molecule has 0 spiro atoms. The Morgan fingerprint density at radius 1 is 1.43 bits per heavy atom. The minimum Gasteiger partial charge on any atom is -0.464 e. The molecule has 0 aromatic heterocycles. The average molecular weight is 217 g/mol. The predicted octanol–water partition coefficient (Wildman–Crippen LogP) is 0.518. The Bertz CT molecular complexity index is 220. The molecule has 1 fully saturated rings. The summed E-state index contributed by atoms with van der Waals surface area (Å²) in [6, 6.07) is -0.516. The molecule has 0 aromatic rings. The third-order valence-corrected chi connectivity index (χ3v) is 2.34. The molecule has 1 rings (SSSR count). The first-order valence-corrected chi connectivity index (χ1v) is 5.44. The average Bonchev–Trinajstić information content (AvgIpc) is 2.21. The van der Waals surface area contributed by atoms with Gasteiger partial charge in [0.2, 0.25) is 5.91 Å². The number of esters is 1. The number of carbonyl (C=O) groups is 2. The summed E-state index contributed by atoms with van der Waals surface area (Å²) in [7, 11) is 0. The van der Waals surface area contributed by atoms with Crippen LogP contribution in [0.15, 0.2) is 0 Å². The lowest BCUT2D eigenvalue weighted by atomic mass is 10.2. The zero-order valence-corrected chi connectivity index (χ0v) is 8.89. The van der Waals surface area contributed by atoms with Gasteiger partial charge in [-0.2, -0.15) is 12.6 Å². The molecule has 0 aromatic carbocycles. The van der Waals surface area contributed by atoms with Crippen LogP contribution < -0.4 is 5.32 Å². The predicted molar refractivity (Wildman–Crippen MR) is 55.2 cm³/mol. The second-order valence-electron chi connectivity index (χ2n) is 3.26. The van der Waals surface area contributed by atoms with Crippen LogP contribution in [0.3, 0.4) is 0 Å². The van der Waals surface area contributed by atoms with Crippen molar-refractivity contribution in [1.29, 1.82) is 0 Å². The fourth-order valence-electron chi connectivity index (χ4n) is 1.31. The van der Waals surface area contributed by atoms with Crippen LogP contribution in [0.2, 0.25) is 0 Å². The van der Waals surface area contributed by atoms with Crippen LogP contribution in [0.5, 0.6) is 0 Å². The highest BCUT2D eigenvalue weighted by molar-refractivity contribution is 7.80. The van der Waals surface area contributed by atoms with Gasteiger partial charge in [0.05, 0.1) is 6.61 Å². The molecule has 0 unspecified atom stereocenters. The Labute approximate surface area is 88.8 Å². The molecular formula is C9H15NO3S. The number of thiol groups is 1. The van der Waals surface area contributed by atoms with E-state index in [4.69, 9.17) is 4.74 Å². The summed E-state index contributed by atoms with van der Waals surface area (Å²) < 4.78 is 4.99. The Morgan fingerprint density at radius 3 is 2.93 bits per heavy atom. The standard InChI is InChI=1S/C9H15NO3S/c11-8-3-1-2-5-13-9(12)7(10-8)4-6-14/h7,14H,1-6H2,(H,10,11)/t7-/m0/s1. The number of nitrogens with one attached hydrogen (secondary N) is 1. The van der Waals surface area contributed by atoms with Gasteiger partial charge < -0.3 is 10.1 Å². The molecule has 1 atom stereocenters. The molecule has 1 amide bonds. The minimum absolute atomic E-state index is 0.0735. The second kappa shape index (κ2) is 5.90.